The summed E-state index contributed by atoms with van der Waals surface area (Å²) >= 11 is 0. The maximum absolute atomic E-state index is 13.2. The van der Waals surface area contributed by atoms with Gasteiger partial charge in [0.1, 0.15) is 37.1 Å². The zero-order chi connectivity index (χ0) is 43.8. The molecule has 0 amide bonds. The molecular formula is C48H68O10. The molecule has 0 saturated heterocycles. The van der Waals surface area contributed by atoms with Gasteiger partial charge in [-0.3, -0.25) is 14.4 Å². The predicted molar refractivity (Wildman–Crippen MR) is 227 cm³/mol. The molecule has 0 fully saturated rings. The molecule has 320 valence electrons. The van der Waals surface area contributed by atoms with Crippen LogP contribution in [-0.4, -0.2) is 66.8 Å². The molecule has 10 nitrogen and oxygen atoms in total. The van der Waals surface area contributed by atoms with Crippen molar-refractivity contribution in [1.29, 1.82) is 0 Å². The highest BCUT2D eigenvalue weighted by Crippen LogP contribution is 2.37. The van der Waals surface area contributed by atoms with E-state index in [-0.39, 0.29) is 79.2 Å². The third-order valence-electron chi connectivity index (χ3n) is 10.4. The van der Waals surface area contributed by atoms with Crippen molar-refractivity contribution in [3.8, 4) is 17.2 Å². The fraction of sp³-hybridized carbons (Fsp3) is 0.562. The lowest BCUT2D eigenvalue weighted by atomic mass is 9.83. The summed E-state index contributed by atoms with van der Waals surface area (Å²) < 4.78 is 22.9. The molecule has 58 heavy (non-hydrogen) atoms. The van der Waals surface area contributed by atoms with Crippen molar-refractivity contribution in [1.82, 2.24) is 0 Å². The van der Waals surface area contributed by atoms with Gasteiger partial charge in [0.25, 0.3) is 0 Å². The van der Waals surface area contributed by atoms with E-state index in [4.69, 9.17) is 18.9 Å². The van der Waals surface area contributed by atoms with Crippen LogP contribution in [0.15, 0.2) is 36.4 Å². The van der Waals surface area contributed by atoms with Gasteiger partial charge in [0.2, 0.25) is 0 Å². The molecule has 0 radical (unpaired) electrons. The molecule has 0 bridgehead atoms. The van der Waals surface area contributed by atoms with Gasteiger partial charge in [-0.1, -0.05) is 98.7 Å². The quantitative estimate of drug-likeness (QED) is 0.0891. The van der Waals surface area contributed by atoms with Crippen LogP contribution >= 0.6 is 0 Å². The van der Waals surface area contributed by atoms with Crippen LogP contribution in [-0.2, 0) is 68.8 Å². The van der Waals surface area contributed by atoms with E-state index in [1.807, 2.05) is 119 Å². The zero-order valence-corrected chi connectivity index (χ0v) is 37.2. The minimum absolute atomic E-state index is 0.0366. The van der Waals surface area contributed by atoms with Crippen LogP contribution < -0.4 is 0 Å². The monoisotopic (exact) mass is 804 g/mol. The summed E-state index contributed by atoms with van der Waals surface area (Å²) in [6, 6.07) is 11.3. The number of phenols is 3. The molecular weight excluding hydrogens is 737 g/mol. The van der Waals surface area contributed by atoms with Gasteiger partial charge in [-0.05, 0) is 106 Å². The number of aromatic hydroxyl groups is 3. The molecule has 3 N–H and O–H groups in total. The lowest BCUT2D eigenvalue weighted by Crippen LogP contribution is -2.43. The highest BCUT2D eigenvalue weighted by molar-refractivity contribution is 5.71. The number of esters is 3. The lowest BCUT2D eigenvalue weighted by Gasteiger charge is -2.31. The van der Waals surface area contributed by atoms with Crippen LogP contribution in [0.3, 0.4) is 0 Å². The van der Waals surface area contributed by atoms with E-state index >= 15 is 0 Å². The van der Waals surface area contributed by atoms with Crippen LogP contribution in [0, 0.1) is 26.2 Å². The molecule has 3 aromatic carbocycles. The maximum atomic E-state index is 13.2. The van der Waals surface area contributed by atoms with Crippen molar-refractivity contribution in [2.75, 3.05) is 33.5 Å². The van der Waals surface area contributed by atoms with Gasteiger partial charge in [-0.15, -0.1) is 0 Å². The summed E-state index contributed by atoms with van der Waals surface area (Å²) in [5.41, 5.74) is 5.14. The minimum atomic E-state index is -1.20. The number of aryl methyl sites for hydroxylation is 6. The summed E-state index contributed by atoms with van der Waals surface area (Å²) in [6.45, 7) is 22.9. The van der Waals surface area contributed by atoms with E-state index in [0.29, 0.717) is 19.3 Å². The molecule has 0 spiro atoms. The number of rotatable bonds is 17. The van der Waals surface area contributed by atoms with Gasteiger partial charge in [0.15, 0.2) is 0 Å². The van der Waals surface area contributed by atoms with E-state index < -0.39 is 23.3 Å². The van der Waals surface area contributed by atoms with Crippen LogP contribution in [0.1, 0.15) is 132 Å². The molecule has 3 aromatic rings. The Morgan fingerprint density at radius 1 is 0.466 bits per heavy atom. The summed E-state index contributed by atoms with van der Waals surface area (Å²) in [7, 11) is 1.47. The van der Waals surface area contributed by atoms with E-state index in [1.54, 1.807) is 0 Å². The highest BCUT2D eigenvalue weighted by Gasteiger charge is 2.36. The normalized spacial score (nSPS) is 12.4. The first-order chi connectivity index (χ1) is 26.8. The largest absolute Gasteiger partial charge is 0.507 e. The molecule has 0 aromatic heterocycles. The highest BCUT2D eigenvalue weighted by atomic mass is 16.6. The maximum Gasteiger partial charge on any atom is 0.306 e. The van der Waals surface area contributed by atoms with Crippen molar-refractivity contribution in [2.45, 2.75) is 138 Å². The number of ether oxygens (including phenoxy) is 4. The second-order valence-corrected chi connectivity index (χ2v) is 19.1. The Morgan fingerprint density at radius 2 is 0.724 bits per heavy atom. The number of hydrogen-bond donors (Lipinski definition) is 3. The molecule has 3 rings (SSSR count). The van der Waals surface area contributed by atoms with Crippen molar-refractivity contribution in [3.05, 3.63) is 86.5 Å². The topological polar surface area (TPSA) is 149 Å². The number of benzene rings is 3. The molecule has 0 heterocycles. The van der Waals surface area contributed by atoms with E-state index in [0.717, 1.165) is 50.1 Å². The Kier molecular flexibility index (Phi) is 16.0. The second kappa shape index (κ2) is 19.5. The fourth-order valence-electron chi connectivity index (χ4n) is 6.92. The summed E-state index contributed by atoms with van der Waals surface area (Å²) in [6.07, 6.45) is 1.31. The lowest BCUT2D eigenvalue weighted by molar-refractivity contribution is -0.166. The number of methoxy groups -OCH3 is 1. The minimum Gasteiger partial charge on any atom is -0.507 e. The molecule has 0 atom stereocenters. The van der Waals surface area contributed by atoms with Gasteiger partial charge < -0.3 is 34.3 Å². The van der Waals surface area contributed by atoms with Crippen molar-refractivity contribution < 1.29 is 48.7 Å². The summed E-state index contributed by atoms with van der Waals surface area (Å²) in [5.74, 6) is -0.739. The van der Waals surface area contributed by atoms with Crippen LogP contribution in [0.4, 0.5) is 0 Å². The third-order valence-corrected chi connectivity index (χ3v) is 10.4. The summed E-state index contributed by atoms with van der Waals surface area (Å²) in [5, 5.41) is 32.0. The number of carbonyl (C=O) groups excluding carboxylic acids is 3. The fourth-order valence-corrected chi connectivity index (χ4v) is 6.92. The SMILES string of the molecule is COCC(COC(=O)CCc1cc(C)c(O)c(C(C)(C)C)c1)(COC(=O)CCc1cc(C)c(O)c(C(C)(C)C)c1)COC(=O)CCc1cc(C)c(O)c(C(C)(C)C)c1. The standard InChI is InChI=1S/C48H68O10/c1-30-20-33(23-36(42(30)52)45(4,5)6)14-17-39(49)56-27-48(26-55-13,28-57-40(50)18-15-34-21-31(2)43(53)37(24-34)46(7,8)9)29-58-41(51)19-16-35-22-32(3)44(54)38(25-35)47(10,11)12/h20-25,52-54H,14-19,26-29H2,1-13H3. The van der Waals surface area contributed by atoms with E-state index in [2.05, 4.69) is 0 Å². The zero-order valence-electron chi connectivity index (χ0n) is 37.2. The molecule has 0 aliphatic rings. The van der Waals surface area contributed by atoms with Crippen molar-refractivity contribution in [3.63, 3.8) is 0 Å². The molecule has 0 aliphatic carbocycles. The third kappa shape index (κ3) is 13.5. The van der Waals surface area contributed by atoms with Gasteiger partial charge in [-0.25, -0.2) is 0 Å². The Hall–Kier alpha value is -4.57. The van der Waals surface area contributed by atoms with Crippen molar-refractivity contribution >= 4 is 17.9 Å². The molecule has 0 saturated carbocycles. The number of phenolic OH excluding ortho intramolecular Hbond substituents is 3. The predicted octanol–water partition coefficient (Wildman–Crippen LogP) is 9.08. The number of carbonyl (C=O) groups is 3. The smallest absolute Gasteiger partial charge is 0.306 e. The summed E-state index contributed by atoms with van der Waals surface area (Å²) in [4.78, 5) is 39.7. The first kappa shape index (κ1) is 47.8. The van der Waals surface area contributed by atoms with E-state index in [1.165, 1.54) is 7.11 Å². The molecule has 0 unspecified atom stereocenters. The van der Waals surface area contributed by atoms with Crippen molar-refractivity contribution in [2.24, 2.45) is 5.41 Å². The van der Waals surface area contributed by atoms with Crippen LogP contribution in [0.5, 0.6) is 17.2 Å². The van der Waals surface area contributed by atoms with Gasteiger partial charge >= 0.3 is 17.9 Å². The number of hydrogen-bond acceptors (Lipinski definition) is 10. The van der Waals surface area contributed by atoms with Crippen LogP contribution in [0.2, 0.25) is 0 Å². The Labute approximate surface area is 346 Å². The Morgan fingerprint density at radius 3 is 0.948 bits per heavy atom. The molecule has 10 heteroatoms. The average Bonchev–Trinajstić information content (AvgIpc) is 3.11. The first-order valence-electron chi connectivity index (χ1n) is 20.2. The van der Waals surface area contributed by atoms with Gasteiger partial charge in [0, 0.05) is 26.4 Å². The average molecular weight is 805 g/mol. The van der Waals surface area contributed by atoms with Crippen LogP contribution in [0.25, 0.3) is 0 Å². The van der Waals surface area contributed by atoms with E-state index in [9.17, 15) is 29.7 Å². The second-order valence-electron chi connectivity index (χ2n) is 19.1. The molecule has 0 aliphatic heterocycles. The van der Waals surface area contributed by atoms with Gasteiger partial charge in [-0.2, -0.15) is 0 Å². The Bertz CT molecular complexity index is 1700. The first-order valence-corrected chi connectivity index (χ1v) is 20.2. The Balaban J connectivity index is 1.77. The van der Waals surface area contributed by atoms with Gasteiger partial charge in [0.05, 0.1) is 12.0 Å².